The van der Waals surface area contributed by atoms with Crippen LogP contribution in [0.25, 0.3) is 22.3 Å². The molecule has 28 heavy (non-hydrogen) atoms. The third-order valence-electron chi connectivity index (χ3n) is 4.07. The zero-order chi connectivity index (χ0) is 19.8. The largest absolute Gasteiger partial charge is 0.416 e. The molecule has 0 saturated heterocycles. The highest BCUT2D eigenvalue weighted by Crippen LogP contribution is 2.39. The van der Waals surface area contributed by atoms with E-state index in [-0.39, 0.29) is 17.0 Å². The number of halogens is 7. The molecule has 0 heterocycles. The van der Waals surface area contributed by atoms with E-state index in [9.17, 15) is 26.3 Å². The van der Waals surface area contributed by atoms with Crippen molar-refractivity contribution in [2.24, 2.45) is 0 Å². The third kappa shape index (κ3) is 4.72. The van der Waals surface area contributed by atoms with Crippen LogP contribution in [0.15, 0.2) is 71.6 Å². The molecule has 0 unspecified atom stereocenters. The summed E-state index contributed by atoms with van der Waals surface area (Å²) in [6, 6.07) is 14.2. The summed E-state index contributed by atoms with van der Waals surface area (Å²) in [6.45, 7) is 0. The van der Waals surface area contributed by atoms with E-state index in [1.54, 1.807) is 18.2 Å². The van der Waals surface area contributed by atoms with Crippen molar-refractivity contribution >= 4 is 29.6 Å². The van der Waals surface area contributed by atoms with Gasteiger partial charge in [0.1, 0.15) is 0 Å². The summed E-state index contributed by atoms with van der Waals surface area (Å²) in [5.41, 5.74) is 0.575. The summed E-state index contributed by atoms with van der Waals surface area (Å²) in [5.74, 6) is 0. The molecular formula is C20H13BrF6S. The summed E-state index contributed by atoms with van der Waals surface area (Å²) in [6.07, 6.45) is -8.89. The van der Waals surface area contributed by atoms with E-state index in [0.29, 0.717) is 27.1 Å². The highest BCUT2D eigenvalue weighted by molar-refractivity contribution is 8.93. The molecule has 0 atom stereocenters. The SMILES string of the molecule is Br.FC(F)(F)c1ccc(-c2cccc(S)c2-c2ccc(C(F)(F)F)cc2)cc1. The van der Waals surface area contributed by atoms with Gasteiger partial charge in [-0.05, 0) is 47.0 Å². The van der Waals surface area contributed by atoms with Crippen molar-refractivity contribution in [3.8, 4) is 22.3 Å². The Bertz CT molecular complexity index is 944. The molecule has 0 spiro atoms. The van der Waals surface area contributed by atoms with Gasteiger partial charge in [0.2, 0.25) is 0 Å². The van der Waals surface area contributed by atoms with Crippen LogP contribution in [-0.4, -0.2) is 0 Å². The second-order valence-corrected chi connectivity index (χ2v) is 6.33. The predicted octanol–water partition coefficient (Wildman–Crippen LogP) is 7.92. The lowest BCUT2D eigenvalue weighted by atomic mass is 9.93. The van der Waals surface area contributed by atoms with Crippen LogP contribution in [-0.2, 0) is 12.4 Å². The van der Waals surface area contributed by atoms with E-state index in [0.717, 1.165) is 24.3 Å². The van der Waals surface area contributed by atoms with Crippen molar-refractivity contribution in [2.45, 2.75) is 17.2 Å². The maximum Gasteiger partial charge on any atom is 0.416 e. The van der Waals surface area contributed by atoms with E-state index in [1.807, 2.05) is 0 Å². The Balaban J connectivity index is 0.00000280. The molecule has 3 aromatic rings. The molecule has 8 heteroatoms. The van der Waals surface area contributed by atoms with E-state index in [2.05, 4.69) is 12.6 Å². The van der Waals surface area contributed by atoms with Gasteiger partial charge in [-0.25, -0.2) is 0 Å². The van der Waals surface area contributed by atoms with Crippen LogP contribution >= 0.6 is 29.6 Å². The molecule has 0 saturated carbocycles. The Labute approximate surface area is 173 Å². The molecule has 0 aliphatic carbocycles. The molecule has 0 fully saturated rings. The lowest BCUT2D eigenvalue weighted by Crippen LogP contribution is -2.04. The average molecular weight is 479 g/mol. The summed E-state index contributed by atoms with van der Waals surface area (Å²) in [4.78, 5) is 0.507. The molecule has 0 aliphatic rings. The molecule has 3 rings (SSSR count). The maximum absolute atomic E-state index is 12.8. The zero-order valence-corrected chi connectivity index (χ0v) is 16.6. The summed E-state index contributed by atoms with van der Waals surface area (Å²) >= 11 is 4.38. The zero-order valence-electron chi connectivity index (χ0n) is 14.0. The minimum atomic E-state index is -4.45. The minimum absolute atomic E-state index is 0. The number of thiol groups is 1. The summed E-state index contributed by atoms with van der Waals surface area (Å²) in [7, 11) is 0. The van der Waals surface area contributed by atoms with Crippen LogP contribution in [0, 0.1) is 0 Å². The van der Waals surface area contributed by atoms with Crippen LogP contribution in [0.5, 0.6) is 0 Å². The molecular weight excluding hydrogens is 466 g/mol. The van der Waals surface area contributed by atoms with Gasteiger partial charge in [-0.2, -0.15) is 26.3 Å². The first-order chi connectivity index (χ1) is 12.6. The van der Waals surface area contributed by atoms with E-state index >= 15 is 0 Å². The molecule has 0 amide bonds. The number of hydrogen-bond acceptors (Lipinski definition) is 1. The molecule has 0 aliphatic heterocycles. The van der Waals surface area contributed by atoms with Crippen LogP contribution in [0.3, 0.4) is 0 Å². The third-order valence-corrected chi connectivity index (χ3v) is 4.44. The first-order valence-corrected chi connectivity index (χ1v) is 8.19. The molecule has 148 valence electrons. The first-order valence-electron chi connectivity index (χ1n) is 7.74. The van der Waals surface area contributed by atoms with Crippen LogP contribution in [0.1, 0.15) is 11.1 Å². The predicted molar refractivity (Wildman–Crippen MR) is 105 cm³/mol. The quantitative estimate of drug-likeness (QED) is 0.280. The molecule has 0 radical (unpaired) electrons. The van der Waals surface area contributed by atoms with Gasteiger partial charge in [0.25, 0.3) is 0 Å². The second-order valence-electron chi connectivity index (χ2n) is 5.85. The Morgan fingerprint density at radius 3 is 1.43 bits per heavy atom. The van der Waals surface area contributed by atoms with Gasteiger partial charge in [0, 0.05) is 10.5 Å². The molecule has 0 aromatic heterocycles. The van der Waals surface area contributed by atoms with Crippen molar-refractivity contribution in [1.82, 2.24) is 0 Å². The van der Waals surface area contributed by atoms with Crippen molar-refractivity contribution in [1.29, 1.82) is 0 Å². The van der Waals surface area contributed by atoms with Gasteiger partial charge < -0.3 is 0 Å². The highest BCUT2D eigenvalue weighted by Gasteiger charge is 2.31. The number of hydrogen-bond donors (Lipinski definition) is 1. The molecule has 0 N–H and O–H groups in total. The van der Waals surface area contributed by atoms with Crippen molar-refractivity contribution in [3.63, 3.8) is 0 Å². The first kappa shape index (κ1) is 22.4. The van der Waals surface area contributed by atoms with Crippen LogP contribution in [0.4, 0.5) is 26.3 Å². The normalized spacial score (nSPS) is 11.8. The Kier molecular flexibility index (Phi) is 6.55. The smallest absolute Gasteiger partial charge is 0.166 e. The highest BCUT2D eigenvalue weighted by atomic mass is 79.9. The Hall–Kier alpha value is -1.93. The number of rotatable bonds is 2. The summed E-state index contributed by atoms with van der Waals surface area (Å²) in [5, 5.41) is 0. The Morgan fingerprint density at radius 1 is 0.571 bits per heavy atom. The van der Waals surface area contributed by atoms with Gasteiger partial charge >= 0.3 is 12.4 Å². The Morgan fingerprint density at radius 2 is 1.00 bits per heavy atom. The lowest BCUT2D eigenvalue weighted by molar-refractivity contribution is -0.138. The van der Waals surface area contributed by atoms with Gasteiger partial charge in [0.05, 0.1) is 11.1 Å². The minimum Gasteiger partial charge on any atom is -0.166 e. The molecule has 0 nitrogen and oxygen atoms in total. The van der Waals surface area contributed by atoms with Crippen molar-refractivity contribution < 1.29 is 26.3 Å². The fourth-order valence-electron chi connectivity index (χ4n) is 2.75. The lowest BCUT2D eigenvalue weighted by Gasteiger charge is -2.15. The van der Waals surface area contributed by atoms with E-state index in [4.69, 9.17) is 0 Å². The van der Waals surface area contributed by atoms with Gasteiger partial charge in [0.15, 0.2) is 0 Å². The fraction of sp³-hybridized carbons (Fsp3) is 0.100. The van der Waals surface area contributed by atoms with Crippen molar-refractivity contribution in [3.05, 3.63) is 77.9 Å². The van der Waals surface area contributed by atoms with E-state index < -0.39 is 23.5 Å². The van der Waals surface area contributed by atoms with Gasteiger partial charge in [-0.15, -0.1) is 29.6 Å². The topological polar surface area (TPSA) is 0 Å². The van der Waals surface area contributed by atoms with Gasteiger partial charge in [-0.1, -0.05) is 36.4 Å². The van der Waals surface area contributed by atoms with Crippen LogP contribution in [0.2, 0.25) is 0 Å². The summed E-state index contributed by atoms with van der Waals surface area (Å²) < 4.78 is 76.6. The van der Waals surface area contributed by atoms with Crippen molar-refractivity contribution in [2.75, 3.05) is 0 Å². The van der Waals surface area contributed by atoms with Crippen LogP contribution < -0.4 is 0 Å². The number of benzene rings is 3. The standard InChI is InChI=1S/C20H12F6S.BrH/c21-19(22,23)14-8-4-12(5-9-14)16-2-1-3-17(27)18(16)13-6-10-15(11-7-13)20(24,25)26;/h1-11,27H;1H. The fourth-order valence-corrected chi connectivity index (χ4v) is 3.08. The monoisotopic (exact) mass is 478 g/mol. The van der Waals surface area contributed by atoms with E-state index in [1.165, 1.54) is 24.3 Å². The van der Waals surface area contributed by atoms with Gasteiger partial charge in [-0.3, -0.25) is 0 Å². The molecule has 3 aromatic carbocycles. The average Bonchev–Trinajstić information content (AvgIpc) is 2.60. The second kappa shape index (κ2) is 8.21. The number of alkyl halides is 6. The maximum atomic E-state index is 12.8. The molecule has 0 bridgehead atoms.